The van der Waals surface area contributed by atoms with Gasteiger partial charge in [0.05, 0.1) is 17.0 Å². The lowest BCUT2D eigenvalue weighted by molar-refractivity contribution is -0.137. The maximum Gasteiger partial charge on any atom is 0.416 e. The van der Waals surface area contributed by atoms with Crippen LogP contribution in [0.1, 0.15) is 25.3 Å². The molecule has 1 aromatic rings. The van der Waals surface area contributed by atoms with Gasteiger partial charge in [0, 0.05) is 19.1 Å². The van der Waals surface area contributed by atoms with Crippen LogP contribution in [0.2, 0.25) is 0 Å². The second-order valence-electron chi connectivity index (χ2n) is 6.46. The van der Waals surface area contributed by atoms with Crippen LogP contribution in [0, 0.1) is 5.92 Å². The summed E-state index contributed by atoms with van der Waals surface area (Å²) in [5.41, 5.74) is 4.62. The first-order chi connectivity index (χ1) is 12.0. The lowest BCUT2D eigenvalue weighted by Gasteiger charge is -2.38. The largest absolute Gasteiger partial charge is 0.416 e. The van der Waals surface area contributed by atoms with Gasteiger partial charge in [-0.3, -0.25) is 4.79 Å². The van der Waals surface area contributed by atoms with Gasteiger partial charge in [-0.2, -0.15) is 13.2 Å². The van der Waals surface area contributed by atoms with Crippen molar-refractivity contribution in [1.29, 1.82) is 0 Å². The molecular formula is C16H23ClF3N3O3S. The third-order valence-electron chi connectivity index (χ3n) is 4.46. The summed E-state index contributed by atoms with van der Waals surface area (Å²) in [6.07, 6.45) is -3.12. The summed E-state index contributed by atoms with van der Waals surface area (Å²) in [6.45, 7) is 2.29. The quantitative estimate of drug-likeness (QED) is 0.748. The summed E-state index contributed by atoms with van der Waals surface area (Å²) in [5.74, 6) is -0.0164. The zero-order chi connectivity index (χ0) is 19.5. The predicted octanol–water partition coefficient (Wildman–Crippen LogP) is 1.99. The highest BCUT2D eigenvalue weighted by Crippen LogP contribution is 2.30. The van der Waals surface area contributed by atoms with E-state index in [9.17, 15) is 26.4 Å². The number of sulfonamides is 1. The molecule has 154 valence electrons. The molecule has 1 heterocycles. The first-order valence-corrected chi connectivity index (χ1v) is 9.69. The molecule has 6 nitrogen and oxygen atoms in total. The molecule has 0 saturated carbocycles. The van der Waals surface area contributed by atoms with Crippen LogP contribution < -0.4 is 10.5 Å². The molecule has 2 unspecified atom stereocenters. The summed E-state index contributed by atoms with van der Waals surface area (Å²) in [5, 5.41) is 0. The minimum Gasteiger partial charge on any atom is -0.337 e. The van der Waals surface area contributed by atoms with Gasteiger partial charge in [-0.15, -0.1) is 12.4 Å². The van der Waals surface area contributed by atoms with E-state index in [-0.39, 0.29) is 25.0 Å². The molecule has 1 aromatic carbocycles. The molecule has 27 heavy (non-hydrogen) atoms. The van der Waals surface area contributed by atoms with Gasteiger partial charge >= 0.3 is 6.18 Å². The second-order valence-corrected chi connectivity index (χ2v) is 8.22. The Morgan fingerprint density at radius 2 is 2.04 bits per heavy atom. The summed E-state index contributed by atoms with van der Waals surface area (Å²) in [7, 11) is -4.24. The Hall–Kier alpha value is -1.36. The van der Waals surface area contributed by atoms with Gasteiger partial charge in [0.2, 0.25) is 15.9 Å². The molecule has 11 heteroatoms. The number of likely N-dealkylation sites (tertiary alicyclic amines) is 1. The number of rotatable bonds is 5. The second kappa shape index (κ2) is 9.22. The van der Waals surface area contributed by atoms with E-state index in [1.165, 1.54) is 4.90 Å². The Kier molecular flexibility index (Phi) is 8.09. The van der Waals surface area contributed by atoms with E-state index in [0.29, 0.717) is 18.5 Å². The number of halogens is 4. The average molecular weight is 430 g/mol. The minimum absolute atomic E-state index is 0. The van der Waals surface area contributed by atoms with Crippen LogP contribution in [-0.2, 0) is 21.0 Å². The van der Waals surface area contributed by atoms with Crippen molar-refractivity contribution in [2.45, 2.75) is 36.9 Å². The summed E-state index contributed by atoms with van der Waals surface area (Å²) in [6, 6.07) is 3.22. The number of amides is 1. The maximum absolute atomic E-state index is 12.7. The van der Waals surface area contributed by atoms with E-state index in [1.807, 2.05) is 0 Å². The molecule has 2 atom stereocenters. The van der Waals surface area contributed by atoms with Crippen molar-refractivity contribution in [3.8, 4) is 0 Å². The van der Waals surface area contributed by atoms with Crippen molar-refractivity contribution < 1.29 is 26.4 Å². The lowest BCUT2D eigenvalue weighted by atomic mass is 9.92. The van der Waals surface area contributed by atoms with Crippen molar-refractivity contribution in [1.82, 2.24) is 9.62 Å². The number of nitrogens with zero attached hydrogens (tertiary/aromatic N) is 1. The van der Waals surface area contributed by atoms with Gasteiger partial charge in [-0.25, -0.2) is 13.1 Å². The Bertz CT molecular complexity index is 759. The molecular weight excluding hydrogens is 407 g/mol. The fraction of sp³-hybridized carbons (Fsp3) is 0.562. The van der Waals surface area contributed by atoms with Gasteiger partial charge in [0.1, 0.15) is 0 Å². The summed E-state index contributed by atoms with van der Waals surface area (Å²) >= 11 is 0. The Balaban J connectivity index is 0.00000364. The molecule has 1 saturated heterocycles. The number of carbonyl (C=O) groups is 1. The van der Waals surface area contributed by atoms with E-state index >= 15 is 0 Å². The predicted molar refractivity (Wildman–Crippen MR) is 96.8 cm³/mol. The van der Waals surface area contributed by atoms with E-state index in [4.69, 9.17) is 5.73 Å². The highest BCUT2D eigenvalue weighted by molar-refractivity contribution is 7.89. The monoisotopic (exact) mass is 429 g/mol. The van der Waals surface area contributed by atoms with E-state index in [2.05, 4.69) is 11.6 Å². The summed E-state index contributed by atoms with van der Waals surface area (Å²) in [4.78, 5) is 13.3. The molecule has 0 bridgehead atoms. The number of nitrogens with one attached hydrogen (secondary N) is 1. The van der Waals surface area contributed by atoms with Crippen molar-refractivity contribution in [3.05, 3.63) is 29.8 Å². The fourth-order valence-electron chi connectivity index (χ4n) is 2.98. The molecule has 0 aliphatic carbocycles. The minimum atomic E-state index is -4.65. The highest BCUT2D eigenvalue weighted by atomic mass is 35.5. The van der Waals surface area contributed by atoms with Crippen molar-refractivity contribution in [2.24, 2.45) is 11.7 Å². The normalized spacial score (nSPS) is 20.9. The zero-order valence-electron chi connectivity index (χ0n) is 14.7. The fourth-order valence-corrected chi connectivity index (χ4v) is 4.00. The van der Waals surface area contributed by atoms with Crippen molar-refractivity contribution in [2.75, 3.05) is 19.6 Å². The number of carbonyl (C=O) groups excluding carboxylic acids is 1. The van der Waals surface area contributed by atoms with E-state index in [0.717, 1.165) is 31.0 Å². The van der Waals surface area contributed by atoms with Crippen LogP contribution in [0.3, 0.4) is 0 Å². The SMILES string of the molecule is CC1CCN(C(=O)CNS(=O)(=O)c2cccc(C(F)(F)F)c2)C(CN)C1.Cl. The average Bonchev–Trinajstić information content (AvgIpc) is 2.59. The van der Waals surface area contributed by atoms with E-state index in [1.54, 1.807) is 0 Å². The van der Waals surface area contributed by atoms with Crippen LogP contribution in [0.5, 0.6) is 0 Å². The molecule has 1 amide bonds. The Morgan fingerprint density at radius 3 is 2.63 bits per heavy atom. The van der Waals surface area contributed by atoms with Gasteiger partial charge in [-0.1, -0.05) is 13.0 Å². The molecule has 1 aliphatic heterocycles. The third kappa shape index (κ3) is 6.06. The number of hydrogen-bond acceptors (Lipinski definition) is 4. The number of hydrogen-bond donors (Lipinski definition) is 2. The zero-order valence-corrected chi connectivity index (χ0v) is 16.3. The Labute approximate surface area is 162 Å². The van der Waals surface area contributed by atoms with Gasteiger partial charge in [0.25, 0.3) is 0 Å². The highest BCUT2D eigenvalue weighted by Gasteiger charge is 2.32. The molecule has 0 spiro atoms. The summed E-state index contributed by atoms with van der Waals surface area (Å²) < 4.78 is 64.8. The van der Waals surface area contributed by atoms with Crippen molar-refractivity contribution >= 4 is 28.3 Å². The van der Waals surface area contributed by atoms with Gasteiger partial charge in [0.15, 0.2) is 0 Å². The van der Waals surface area contributed by atoms with Crippen LogP contribution in [-0.4, -0.2) is 44.9 Å². The first kappa shape index (κ1) is 23.7. The molecule has 0 aromatic heterocycles. The molecule has 2 rings (SSSR count). The molecule has 3 N–H and O–H groups in total. The standard InChI is InChI=1S/C16H22F3N3O3S.ClH/c1-11-5-6-22(13(7-11)9-20)15(23)10-21-26(24,25)14-4-2-3-12(8-14)16(17,18)19;/h2-4,8,11,13,21H,5-7,9-10,20H2,1H3;1H. The van der Waals surface area contributed by atoms with E-state index < -0.39 is 39.1 Å². The van der Waals surface area contributed by atoms with Crippen LogP contribution >= 0.6 is 12.4 Å². The van der Waals surface area contributed by atoms with Crippen molar-refractivity contribution in [3.63, 3.8) is 0 Å². The number of benzene rings is 1. The molecule has 1 aliphatic rings. The first-order valence-electron chi connectivity index (χ1n) is 8.21. The smallest absolute Gasteiger partial charge is 0.337 e. The van der Waals surface area contributed by atoms with Gasteiger partial charge < -0.3 is 10.6 Å². The lowest BCUT2D eigenvalue weighted by Crippen LogP contribution is -2.52. The number of piperidine rings is 1. The molecule has 0 radical (unpaired) electrons. The van der Waals surface area contributed by atoms with Crippen LogP contribution in [0.4, 0.5) is 13.2 Å². The van der Waals surface area contributed by atoms with Gasteiger partial charge in [-0.05, 0) is 37.0 Å². The van der Waals surface area contributed by atoms with Crippen LogP contribution in [0.25, 0.3) is 0 Å². The topological polar surface area (TPSA) is 92.5 Å². The third-order valence-corrected chi connectivity index (χ3v) is 5.85. The molecule has 1 fully saturated rings. The maximum atomic E-state index is 12.7. The number of nitrogens with two attached hydrogens (primary N) is 1. The van der Waals surface area contributed by atoms with Crippen LogP contribution in [0.15, 0.2) is 29.2 Å². The Morgan fingerprint density at radius 1 is 1.37 bits per heavy atom. The number of alkyl halides is 3.